The quantitative estimate of drug-likeness (QED) is 0.860. The molecule has 0 radical (unpaired) electrons. The number of allylic oxidation sites excluding steroid dienone is 2. The topological polar surface area (TPSA) is 47.0 Å². The average molecular weight is 335 g/mol. The maximum Gasteiger partial charge on any atom is 0.177 e. The molecule has 0 amide bonds. The van der Waals surface area contributed by atoms with Crippen molar-refractivity contribution in [3.05, 3.63) is 59.7 Å². The van der Waals surface area contributed by atoms with E-state index in [9.17, 15) is 17.2 Å². The van der Waals surface area contributed by atoms with Gasteiger partial charge in [0.25, 0.3) is 0 Å². The highest BCUT2D eigenvalue weighted by atomic mass is 32.2. The summed E-state index contributed by atoms with van der Waals surface area (Å²) in [6.07, 6.45) is 1.85. The van der Waals surface area contributed by atoms with Gasteiger partial charge in [-0.05, 0) is 41.0 Å². The van der Waals surface area contributed by atoms with Crippen LogP contribution in [0.4, 0.5) is 8.78 Å². The van der Waals surface area contributed by atoms with Crippen LogP contribution in [0, 0.1) is 5.82 Å². The molecule has 1 unspecified atom stereocenters. The van der Waals surface area contributed by atoms with Crippen LogP contribution < -0.4 is 0 Å². The maximum atomic E-state index is 13.9. The van der Waals surface area contributed by atoms with Crippen LogP contribution in [0.3, 0.4) is 0 Å². The molecular weight excluding hydrogens is 320 g/mol. The number of alkyl halides is 1. The van der Waals surface area contributed by atoms with E-state index in [0.717, 1.165) is 23.0 Å². The molecule has 1 heterocycles. The van der Waals surface area contributed by atoms with Crippen LogP contribution in [0.1, 0.15) is 24.1 Å². The number of nitrogens with zero attached hydrogens (tertiary/aromatic N) is 1. The molecule has 0 fully saturated rings. The van der Waals surface area contributed by atoms with Gasteiger partial charge in [0.2, 0.25) is 0 Å². The van der Waals surface area contributed by atoms with Gasteiger partial charge in [-0.3, -0.25) is 4.98 Å². The zero-order valence-corrected chi connectivity index (χ0v) is 13.3. The van der Waals surface area contributed by atoms with Gasteiger partial charge < -0.3 is 0 Å². The van der Waals surface area contributed by atoms with Gasteiger partial charge in [0.05, 0.1) is 10.6 Å². The molecule has 1 atom stereocenters. The minimum absolute atomic E-state index is 0.125. The van der Waals surface area contributed by atoms with Crippen molar-refractivity contribution >= 4 is 21.0 Å². The fourth-order valence-electron chi connectivity index (χ4n) is 2.74. The third-order valence-electron chi connectivity index (χ3n) is 3.88. The number of rotatable bonds is 3. The molecule has 6 heteroatoms. The number of pyridine rings is 1. The first kappa shape index (κ1) is 15.8. The van der Waals surface area contributed by atoms with E-state index in [1.54, 1.807) is 18.2 Å². The van der Waals surface area contributed by atoms with E-state index in [0.29, 0.717) is 5.69 Å². The Kier molecular flexibility index (Phi) is 4.02. The van der Waals surface area contributed by atoms with Crippen LogP contribution in [-0.2, 0) is 9.84 Å². The third kappa shape index (κ3) is 3.32. The minimum atomic E-state index is -3.32. The summed E-state index contributed by atoms with van der Waals surface area (Å²) in [7, 11) is -3.32. The van der Waals surface area contributed by atoms with E-state index < -0.39 is 16.0 Å². The maximum absolute atomic E-state index is 13.9. The lowest BCUT2D eigenvalue weighted by atomic mass is 10.00. The molecule has 1 aliphatic carbocycles. The molecule has 1 aromatic heterocycles. The number of sulfone groups is 1. The molecule has 1 aliphatic rings. The first-order valence-corrected chi connectivity index (χ1v) is 9.02. The summed E-state index contributed by atoms with van der Waals surface area (Å²) in [5, 5.41) is 0. The molecule has 23 heavy (non-hydrogen) atoms. The number of hydrogen-bond acceptors (Lipinski definition) is 3. The highest BCUT2D eigenvalue weighted by Gasteiger charge is 2.26. The van der Waals surface area contributed by atoms with Gasteiger partial charge >= 0.3 is 0 Å². The molecule has 120 valence electrons. The van der Waals surface area contributed by atoms with Gasteiger partial charge in [0, 0.05) is 25.3 Å². The molecule has 3 nitrogen and oxygen atoms in total. The fraction of sp³-hybridized carbons (Fsp3) is 0.235. The lowest BCUT2D eigenvalue weighted by molar-refractivity contribution is 0.357. The number of benzene rings is 1. The summed E-state index contributed by atoms with van der Waals surface area (Å²) in [5.74, 6) is -0.346. The summed E-state index contributed by atoms with van der Waals surface area (Å²) < 4.78 is 49.9. The van der Waals surface area contributed by atoms with Crippen molar-refractivity contribution in [3.8, 4) is 0 Å². The monoisotopic (exact) mass is 335 g/mol. The molecule has 0 saturated carbocycles. The Morgan fingerprint density at radius 1 is 1.04 bits per heavy atom. The van der Waals surface area contributed by atoms with Gasteiger partial charge in [-0.1, -0.05) is 12.1 Å². The van der Waals surface area contributed by atoms with Crippen molar-refractivity contribution in [2.24, 2.45) is 0 Å². The predicted molar refractivity (Wildman–Crippen MR) is 84.7 cm³/mol. The number of aromatic nitrogens is 1. The summed E-state index contributed by atoms with van der Waals surface area (Å²) in [6, 6.07) is 8.98. The molecule has 0 bridgehead atoms. The van der Waals surface area contributed by atoms with Gasteiger partial charge in [-0.15, -0.1) is 0 Å². The highest BCUT2D eigenvalue weighted by Crippen LogP contribution is 2.40. The Labute approximate surface area is 133 Å². The number of hydrogen-bond donors (Lipinski definition) is 0. The van der Waals surface area contributed by atoms with Gasteiger partial charge in [-0.25, -0.2) is 17.2 Å². The fourth-order valence-corrected chi connectivity index (χ4v) is 3.30. The average Bonchev–Trinajstić information content (AvgIpc) is 2.89. The van der Waals surface area contributed by atoms with Gasteiger partial charge in [0.15, 0.2) is 9.84 Å². The summed E-state index contributed by atoms with van der Waals surface area (Å²) in [6.45, 7) is 0. The molecule has 2 aromatic rings. The van der Waals surface area contributed by atoms with Crippen LogP contribution in [-0.4, -0.2) is 25.8 Å². The van der Waals surface area contributed by atoms with E-state index in [1.165, 1.54) is 24.4 Å². The smallest absolute Gasteiger partial charge is 0.177 e. The third-order valence-corrected chi connectivity index (χ3v) is 4.98. The molecule has 0 saturated heterocycles. The van der Waals surface area contributed by atoms with Gasteiger partial charge in [-0.2, -0.15) is 0 Å². The Balaban J connectivity index is 2.04. The molecular formula is C17H15F2NO2S. The van der Waals surface area contributed by atoms with Crippen molar-refractivity contribution in [3.63, 3.8) is 0 Å². The van der Waals surface area contributed by atoms with Crippen LogP contribution in [0.2, 0.25) is 0 Å². The Hall–Kier alpha value is -2.08. The van der Waals surface area contributed by atoms with E-state index in [4.69, 9.17) is 0 Å². The Bertz CT molecular complexity index is 856. The first-order valence-electron chi connectivity index (χ1n) is 7.13. The molecule has 1 aromatic carbocycles. The summed E-state index contributed by atoms with van der Waals surface area (Å²) >= 11 is 0. The second-order valence-corrected chi connectivity index (χ2v) is 7.64. The van der Waals surface area contributed by atoms with Crippen LogP contribution in [0.5, 0.6) is 0 Å². The molecule has 0 aliphatic heterocycles. The normalized spacial score (nSPS) is 18.5. The lowest BCUT2D eigenvalue weighted by Crippen LogP contribution is -1.99. The highest BCUT2D eigenvalue weighted by molar-refractivity contribution is 7.90. The second kappa shape index (κ2) is 5.85. The zero-order valence-electron chi connectivity index (χ0n) is 12.5. The molecule has 0 spiro atoms. The Morgan fingerprint density at radius 2 is 1.70 bits per heavy atom. The van der Waals surface area contributed by atoms with E-state index in [1.807, 2.05) is 0 Å². The predicted octanol–water partition coefficient (Wildman–Crippen LogP) is 3.67. The van der Waals surface area contributed by atoms with Crippen molar-refractivity contribution in [2.75, 3.05) is 6.26 Å². The first-order chi connectivity index (χ1) is 10.8. The van der Waals surface area contributed by atoms with Crippen LogP contribution in [0.15, 0.2) is 47.5 Å². The largest absolute Gasteiger partial charge is 0.255 e. The minimum Gasteiger partial charge on any atom is -0.255 e. The SMILES string of the molecule is CS(=O)(=O)c1ccc(C2=C(c3ccc(F)cc3)CC(F)C2)nc1. The zero-order chi connectivity index (χ0) is 16.6. The summed E-state index contributed by atoms with van der Waals surface area (Å²) in [5.41, 5.74) is 2.84. The number of halogens is 2. The van der Waals surface area contributed by atoms with E-state index >= 15 is 0 Å². The second-order valence-electron chi connectivity index (χ2n) is 5.62. The standard InChI is InChI=1S/C17H15F2NO2S/c1-23(21,22)14-6-7-17(20-10-14)16-9-13(19)8-15(16)11-2-4-12(18)5-3-11/h2-7,10,13H,8-9H2,1H3. The molecule has 0 N–H and O–H groups in total. The van der Waals surface area contributed by atoms with Crippen molar-refractivity contribution in [1.29, 1.82) is 0 Å². The van der Waals surface area contributed by atoms with Crippen LogP contribution >= 0.6 is 0 Å². The van der Waals surface area contributed by atoms with E-state index in [-0.39, 0.29) is 23.6 Å². The van der Waals surface area contributed by atoms with Crippen LogP contribution in [0.25, 0.3) is 11.1 Å². The summed E-state index contributed by atoms with van der Waals surface area (Å²) in [4.78, 5) is 4.30. The van der Waals surface area contributed by atoms with Gasteiger partial charge in [0.1, 0.15) is 12.0 Å². The Morgan fingerprint density at radius 3 is 2.26 bits per heavy atom. The molecule has 3 rings (SSSR count). The lowest BCUT2D eigenvalue weighted by Gasteiger charge is -2.08. The van der Waals surface area contributed by atoms with E-state index in [2.05, 4.69) is 4.98 Å². The van der Waals surface area contributed by atoms with Crippen molar-refractivity contribution in [1.82, 2.24) is 4.98 Å². The van der Waals surface area contributed by atoms with Crippen molar-refractivity contribution in [2.45, 2.75) is 23.9 Å². The van der Waals surface area contributed by atoms with Crippen molar-refractivity contribution < 1.29 is 17.2 Å².